The molecule has 1 aromatic carbocycles. The van der Waals surface area contributed by atoms with Gasteiger partial charge in [-0.1, -0.05) is 0 Å². The number of carbonyl (C=O) groups is 1. The third kappa shape index (κ3) is 2.17. The molecular formula is C18H22N2OS. The first kappa shape index (κ1) is 14.2. The summed E-state index contributed by atoms with van der Waals surface area (Å²) in [5, 5.41) is 6.57. The molecule has 0 saturated carbocycles. The Balaban J connectivity index is 1.58. The number of hydrogen-bond donors (Lipinski definition) is 1. The van der Waals surface area contributed by atoms with Crippen LogP contribution in [0.5, 0.6) is 0 Å². The molecule has 2 bridgehead atoms. The third-order valence-electron chi connectivity index (χ3n) is 5.59. The molecule has 1 unspecified atom stereocenters. The molecule has 0 aliphatic carbocycles. The van der Waals surface area contributed by atoms with Crippen molar-refractivity contribution in [2.24, 2.45) is 5.92 Å². The molecule has 1 amide bonds. The second-order valence-electron chi connectivity index (χ2n) is 7.10. The maximum Gasteiger partial charge on any atom is 0.251 e. The van der Waals surface area contributed by atoms with Gasteiger partial charge in [-0.05, 0) is 80.7 Å². The molecule has 4 heterocycles. The van der Waals surface area contributed by atoms with Gasteiger partial charge in [-0.25, -0.2) is 0 Å². The molecule has 0 radical (unpaired) electrons. The zero-order chi connectivity index (χ0) is 15.3. The molecule has 1 N–H and O–H groups in total. The Morgan fingerprint density at radius 3 is 2.77 bits per heavy atom. The lowest BCUT2D eigenvalue weighted by molar-refractivity contribution is -0.0378. The maximum atomic E-state index is 12.7. The number of piperidine rings is 3. The molecule has 2 aromatic rings. The van der Waals surface area contributed by atoms with Gasteiger partial charge in [0.15, 0.2) is 0 Å². The minimum Gasteiger partial charge on any atom is -0.347 e. The van der Waals surface area contributed by atoms with E-state index in [0.29, 0.717) is 5.92 Å². The maximum absolute atomic E-state index is 12.7. The van der Waals surface area contributed by atoms with Crippen molar-refractivity contribution in [1.82, 2.24) is 10.2 Å². The molecule has 3 aliphatic rings. The van der Waals surface area contributed by atoms with E-state index in [1.165, 1.54) is 30.6 Å². The van der Waals surface area contributed by atoms with Crippen LogP contribution in [0.4, 0.5) is 0 Å². The summed E-state index contributed by atoms with van der Waals surface area (Å²) in [4.78, 5) is 15.2. The average molecular weight is 314 g/mol. The Kier molecular flexibility index (Phi) is 3.27. The summed E-state index contributed by atoms with van der Waals surface area (Å²) in [5.74, 6) is 0.689. The Labute approximate surface area is 135 Å². The highest BCUT2D eigenvalue weighted by Gasteiger charge is 2.48. The lowest BCUT2D eigenvalue weighted by Crippen LogP contribution is -2.69. The number of carbonyl (C=O) groups excluding carboxylic acids is 1. The molecule has 1 atom stereocenters. The van der Waals surface area contributed by atoms with E-state index in [4.69, 9.17) is 0 Å². The molecule has 3 aliphatic heterocycles. The van der Waals surface area contributed by atoms with Crippen molar-refractivity contribution in [3.63, 3.8) is 0 Å². The van der Waals surface area contributed by atoms with Crippen LogP contribution in [0.25, 0.3) is 10.1 Å². The number of rotatable bonds is 2. The molecule has 5 rings (SSSR count). The lowest BCUT2D eigenvalue weighted by atomic mass is 9.72. The summed E-state index contributed by atoms with van der Waals surface area (Å²) in [7, 11) is 0. The fraction of sp³-hybridized carbons (Fsp3) is 0.500. The number of nitrogens with zero attached hydrogens (tertiary/aromatic N) is 1. The van der Waals surface area contributed by atoms with Gasteiger partial charge < -0.3 is 5.32 Å². The highest BCUT2D eigenvalue weighted by atomic mass is 32.1. The molecule has 3 nitrogen and oxygen atoms in total. The van der Waals surface area contributed by atoms with Crippen LogP contribution in [0.1, 0.15) is 37.0 Å². The molecule has 116 valence electrons. The molecule has 3 fully saturated rings. The average Bonchev–Trinajstić information content (AvgIpc) is 2.98. The van der Waals surface area contributed by atoms with Gasteiger partial charge in [0.2, 0.25) is 0 Å². The van der Waals surface area contributed by atoms with Crippen molar-refractivity contribution in [2.75, 3.05) is 13.1 Å². The van der Waals surface area contributed by atoms with Gasteiger partial charge in [0.05, 0.1) is 0 Å². The summed E-state index contributed by atoms with van der Waals surface area (Å²) in [6, 6.07) is 8.34. The second-order valence-corrected chi connectivity index (χ2v) is 8.05. The number of hydrogen-bond acceptors (Lipinski definition) is 3. The van der Waals surface area contributed by atoms with Gasteiger partial charge in [0.1, 0.15) is 0 Å². The topological polar surface area (TPSA) is 32.3 Å². The molecule has 3 saturated heterocycles. The Bertz CT molecular complexity index is 713. The van der Waals surface area contributed by atoms with Crippen molar-refractivity contribution in [1.29, 1.82) is 0 Å². The van der Waals surface area contributed by atoms with Crippen molar-refractivity contribution >= 4 is 27.3 Å². The lowest BCUT2D eigenvalue weighted by Gasteiger charge is -2.56. The largest absolute Gasteiger partial charge is 0.347 e. The molecule has 4 heteroatoms. The second kappa shape index (κ2) is 5.07. The van der Waals surface area contributed by atoms with E-state index in [1.54, 1.807) is 11.3 Å². The van der Waals surface area contributed by atoms with E-state index in [0.717, 1.165) is 10.9 Å². The number of amides is 1. The smallest absolute Gasteiger partial charge is 0.251 e. The quantitative estimate of drug-likeness (QED) is 0.920. The van der Waals surface area contributed by atoms with Crippen molar-refractivity contribution < 1.29 is 4.79 Å². The predicted molar refractivity (Wildman–Crippen MR) is 91.5 cm³/mol. The van der Waals surface area contributed by atoms with Crippen molar-refractivity contribution in [2.45, 2.75) is 38.3 Å². The van der Waals surface area contributed by atoms with Gasteiger partial charge in [0.25, 0.3) is 5.91 Å². The minimum absolute atomic E-state index is 0.0588. The van der Waals surface area contributed by atoms with E-state index >= 15 is 0 Å². The van der Waals surface area contributed by atoms with Gasteiger partial charge in [-0.2, -0.15) is 0 Å². The molecule has 1 aromatic heterocycles. The van der Waals surface area contributed by atoms with E-state index in [-0.39, 0.29) is 17.5 Å². The Hall–Kier alpha value is -1.39. The monoisotopic (exact) mass is 314 g/mol. The number of benzene rings is 1. The SMILES string of the molecule is CC1(C)C(NC(=O)c2ccc3sccc3c2)C2CCN1CC2. The van der Waals surface area contributed by atoms with Gasteiger partial charge in [-0.3, -0.25) is 9.69 Å². The zero-order valence-electron chi connectivity index (χ0n) is 13.1. The third-order valence-corrected chi connectivity index (χ3v) is 6.49. The van der Waals surface area contributed by atoms with E-state index in [9.17, 15) is 4.79 Å². The minimum atomic E-state index is 0.0588. The standard InChI is InChI=1S/C18H22N2OS/c1-18(2)16(12-5-8-20(18)9-6-12)19-17(21)14-3-4-15-13(11-14)7-10-22-15/h3-4,7,10-12,16H,5-6,8-9H2,1-2H3,(H,19,21). The van der Waals surface area contributed by atoms with E-state index in [2.05, 4.69) is 41.6 Å². The van der Waals surface area contributed by atoms with Crippen LogP contribution < -0.4 is 5.32 Å². The zero-order valence-corrected chi connectivity index (χ0v) is 14.0. The van der Waals surface area contributed by atoms with Crippen LogP contribution in [0.2, 0.25) is 0 Å². The van der Waals surface area contributed by atoms with E-state index in [1.807, 2.05) is 12.1 Å². The van der Waals surface area contributed by atoms with Gasteiger partial charge in [0, 0.05) is 21.8 Å². The highest BCUT2D eigenvalue weighted by molar-refractivity contribution is 7.17. The summed E-state index contributed by atoms with van der Waals surface area (Å²) in [6.07, 6.45) is 2.41. The fourth-order valence-electron chi connectivity index (χ4n) is 4.21. The van der Waals surface area contributed by atoms with Crippen LogP contribution in [-0.4, -0.2) is 35.5 Å². The highest BCUT2D eigenvalue weighted by Crippen LogP contribution is 2.39. The molecule has 0 spiro atoms. The van der Waals surface area contributed by atoms with Crippen LogP contribution in [0.15, 0.2) is 29.6 Å². The van der Waals surface area contributed by atoms with Crippen LogP contribution >= 0.6 is 11.3 Å². The van der Waals surface area contributed by atoms with Crippen LogP contribution in [0, 0.1) is 5.92 Å². The van der Waals surface area contributed by atoms with Crippen molar-refractivity contribution in [3.05, 3.63) is 35.2 Å². The van der Waals surface area contributed by atoms with Crippen LogP contribution in [-0.2, 0) is 0 Å². The summed E-state index contributed by atoms with van der Waals surface area (Å²) >= 11 is 1.71. The number of thiophene rings is 1. The summed E-state index contributed by atoms with van der Waals surface area (Å²) < 4.78 is 1.24. The summed E-state index contributed by atoms with van der Waals surface area (Å²) in [6.45, 7) is 6.88. The number of fused-ring (bicyclic) bond motifs is 4. The van der Waals surface area contributed by atoms with E-state index < -0.39 is 0 Å². The van der Waals surface area contributed by atoms with Gasteiger partial charge in [-0.15, -0.1) is 11.3 Å². The van der Waals surface area contributed by atoms with Crippen molar-refractivity contribution in [3.8, 4) is 0 Å². The van der Waals surface area contributed by atoms with Crippen LogP contribution in [0.3, 0.4) is 0 Å². The summed E-state index contributed by atoms with van der Waals surface area (Å²) in [5.41, 5.74) is 0.835. The molecular weight excluding hydrogens is 292 g/mol. The van der Waals surface area contributed by atoms with Gasteiger partial charge >= 0.3 is 0 Å². The number of nitrogens with one attached hydrogen (secondary N) is 1. The first-order valence-electron chi connectivity index (χ1n) is 8.09. The first-order chi connectivity index (χ1) is 10.6. The fourth-order valence-corrected chi connectivity index (χ4v) is 4.98. The first-order valence-corrected chi connectivity index (χ1v) is 8.97. The Morgan fingerprint density at radius 1 is 1.27 bits per heavy atom. The normalized spacial score (nSPS) is 29.6. The molecule has 22 heavy (non-hydrogen) atoms. The predicted octanol–water partition coefficient (Wildman–Crippen LogP) is 3.50. The Morgan fingerprint density at radius 2 is 2.05 bits per heavy atom.